The van der Waals surface area contributed by atoms with Crippen molar-refractivity contribution in [3.8, 4) is 0 Å². The molecule has 0 aromatic carbocycles. The summed E-state index contributed by atoms with van der Waals surface area (Å²) in [7, 11) is 0. The van der Waals surface area contributed by atoms with Gasteiger partial charge in [0.25, 0.3) is 0 Å². The summed E-state index contributed by atoms with van der Waals surface area (Å²) in [6, 6.07) is 0. The van der Waals surface area contributed by atoms with E-state index >= 15 is 0 Å². The Balaban J connectivity index is 2.97. The number of aliphatic hydroxyl groups is 1. The zero-order chi connectivity index (χ0) is 13.8. The van der Waals surface area contributed by atoms with Gasteiger partial charge in [-0.1, -0.05) is 27.7 Å². The van der Waals surface area contributed by atoms with Gasteiger partial charge in [-0.25, -0.2) is 0 Å². The van der Waals surface area contributed by atoms with Gasteiger partial charge >= 0.3 is 0 Å². The second kappa shape index (κ2) is 6.36. The van der Waals surface area contributed by atoms with Crippen LogP contribution in [0.15, 0.2) is 0 Å². The standard InChI is InChI=1S/C15H31NO2/c1-12(2)8-15(17,9-13(3)4)14(10-16)6-5-7-18-11-14/h12-13,17H,5-11,16H2,1-4H3. The Morgan fingerprint density at radius 3 is 2.11 bits per heavy atom. The first-order valence-corrected chi connectivity index (χ1v) is 7.35. The molecule has 1 unspecified atom stereocenters. The number of rotatable bonds is 6. The summed E-state index contributed by atoms with van der Waals surface area (Å²) < 4.78 is 5.65. The first-order valence-electron chi connectivity index (χ1n) is 7.35. The average molecular weight is 257 g/mol. The fraction of sp³-hybridized carbons (Fsp3) is 1.00. The molecule has 1 saturated heterocycles. The summed E-state index contributed by atoms with van der Waals surface area (Å²) >= 11 is 0. The van der Waals surface area contributed by atoms with Crippen molar-refractivity contribution in [1.29, 1.82) is 0 Å². The monoisotopic (exact) mass is 257 g/mol. The Morgan fingerprint density at radius 1 is 1.22 bits per heavy atom. The van der Waals surface area contributed by atoms with Crippen molar-refractivity contribution in [1.82, 2.24) is 0 Å². The molecule has 0 aromatic heterocycles. The van der Waals surface area contributed by atoms with Gasteiger partial charge in [-0.15, -0.1) is 0 Å². The van der Waals surface area contributed by atoms with E-state index in [1.807, 2.05) is 0 Å². The van der Waals surface area contributed by atoms with Gasteiger partial charge in [-0.05, 0) is 37.5 Å². The lowest BCUT2D eigenvalue weighted by Gasteiger charge is -2.50. The molecule has 18 heavy (non-hydrogen) atoms. The predicted octanol–water partition coefficient (Wildman–Crippen LogP) is 2.57. The molecule has 0 aliphatic carbocycles. The lowest BCUT2D eigenvalue weighted by Crippen LogP contribution is -2.58. The van der Waals surface area contributed by atoms with Crippen molar-refractivity contribution in [2.75, 3.05) is 19.8 Å². The minimum absolute atomic E-state index is 0.250. The van der Waals surface area contributed by atoms with E-state index in [2.05, 4.69) is 27.7 Å². The molecule has 3 N–H and O–H groups in total. The minimum Gasteiger partial charge on any atom is -0.389 e. The molecular formula is C15H31NO2. The highest BCUT2D eigenvalue weighted by Crippen LogP contribution is 2.45. The molecule has 108 valence electrons. The van der Waals surface area contributed by atoms with Crippen LogP contribution in [0.4, 0.5) is 0 Å². The molecule has 3 nitrogen and oxygen atoms in total. The maximum absolute atomic E-state index is 11.3. The number of hydrogen-bond acceptors (Lipinski definition) is 3. The third-order valence-corrected chi connectivity index (χ3v) is 4.19. The van der Waals surface area contributed by atoms with E-state index in [1.54, 1.807) is 0 Å². The molecule has 0 aromatic rings. The summed E-state index contributed by atoms with van der Waals surface area (Å²) in [5, 5.41) is 11.3. The maximum Gasteiger partial charge on any atom is 0.0742 e. The average Bonchev–Trinajstić information content (AvgIpc) is 2.27. The molecule has 3 heteroatoms. The highest BCUT2D eigenvalue weighted by atomic mass is 16.5. The van der Waals surface area contributed by atoms with E-state index in [-0.39, 0.29) is 5.41 Å². The summed E-state index contributed by atoms with van der Waals surface area (Å²) in [6.45, 7) is 10.6. The van der Waals surface area contributed by atoms with E-state index in [0.29, 0.717) is 25.0 Å². The second-order valence-corrected chi connectivity index (χ2v) is 6.87. The van der Waals surface area contributed by atoms with E-state index in [9.17, 15) is 5.11 Å². The fourth-order valence-electron chi connectivity index (χ4n) is 3.44. The summed E-state index contributed by atoms with van der Waals surface area (Å²) in [6.07, 6.45) is 3.62. The fourth-order valence-corrected chi connectivity index (χ4v) is 3.44. The number of ether oxygens (including phenoxy) is 1. The van der Waals surface area contributed by atoms with Crippen LogP contribution >= 0.6 is 0 Å². The Bertz CT molecular complexity index is 235. The van der Waals surface area contributed by atoms with Crippen LogP contribution in [0.5, 0.6) is 0 Å². The van der Waals surface area contributed by atoms with Gasteiger partial charge in [0.2, 0.25) is 0 Å². The topological polar surface area (TPSA) is 55.5 Å². The van der Waals surface area contributed by atoms with Crippen molar-refractivity contribution in [2.24, 2.45) is 23.0 Å². The van der Waals surface area contributed by atoms with Crippen LogP contribution in [0.1, 0.15) is 53.4 Å². The van der Waals surface area contributed by atoms with E-state index in [0.717, 1.165) is 32.3 Å². The molecule has 0 spiro atoms. The molecule has 0 radical (unpaired) electrons. The number of nitrogens with two attached hydrogens (primary N) is 1. The van der Waals surface area contributed by atoms with Gasteiger partial charge in [0.1, 0.15) is 0 Å². The van der Waals surface area contributed by atoms with Crippen LogP contribution in [-0.2, 0) is 4.74 Å². The minimum atomic E-state index is -0.690. The van der Waals surface area contributed by atoms with Crippen molar-refractivity contribution >= 4 is 0 Å². The van der Waals surface area contributed by atoms with Crippen molar-refractivity contribution in [3.63, 3.8) is 0 Å². The molecule has 1 atom stereocenters. The molecule has 0 bridgehead atoms. The summed E-state index contributed by atoms with van der Waals surface area (Å²) in [5.74, 6) is 0.943. The lowest BCUT2D eigenvalue weighted by atomic mass is 9.62. The molecule has 0 amide bonds. The van der Waals surface area contributed by atoms with Crippen LogP contribution in [0.25, 0.3) is 0 Å². The Labute approximate surface area is 112 Å². The highest BCUT2D eigenvalue weighted by Gasteiger charge is 2.50. The molecule has 1 aliphatic rings. The van der Waals surface area contributed by atoms with Gasteiger partial charge in [-0.3, -0.25) is 0 Å². The summed E-state index contributed by atoms with van der Waals surface area (Å²) in [4.78, 5) is 0. The molecule has 0 saturated carbocycles. The first-order chi connectivity index (χ1) is 8.35. The normalized spacial score (nSPS) is 26.0. The van der Waals surface area contributed by atoms with Crippen LogP contribution in [-0.4, -0.2) is 30.5 Å². The van der Waals surface area contributed by atoms with Gasteiger partial charge in [0.05, 0.1) is 12.2 Å². The van der Waals surface area contributed by atoms with Crippen LogP contribution in [0.3, 0.4) is 0 Å². The van der Waals surface area contributed by atoms with Gasteiger partial charge in [-0.2, -0.15) is 0 Å². The third kappa shape index (κ3) is 3.46. The van der Waals surface area contributed by atoms with Crippen LogP contribution in [0.2, 0.25) is 0 Å². The van der Waals surface area contributed by atoms with E-state index in [4.69, 9.17) is 10.5 Å². The highest BCUT2D eigenvalue weighted by molar-refractivity contribution is 5.01. The van der Waals surface area contributed by atoms with Crippen molar-refractivity contribution in [2.45, 2.75) is 59.0 Å². The summed E-state index contributed by atoms with van der Waals surface area (Å²) in [5.41, 5.74) is 5.10. The van der Waals surface area contributed by atoms with Gasteiger partial charge < -0.3 is 15.6 Å². The maximum atomic E-state index is 11.3. The lowest BCUT2D eigenvalue weighted by molar-refractivity contribution is -0.160. The van der Waals surface area contributed by atoms with E-state index < -0.39 is 5.60 Å². The zero-order valence-corrected chi connectivity index (χ0v) is 12.5. The Kier molecular flexibility index (Phi) is 5.63. The van der Waals surface area contributed by atoms with Crippen molar-refractivity contribution < 1.29 is 9.84 Å². The largest absolute Gasteiger partial charge is 0.389 e. The first kappa shape index (κ1) is 15.9. The smallest absolute Gasteiger partial charge is 0.0742 e. The quantitative estimate of drug-likeness (QED) is 0.769. The number of hydrogen-bond donors (Lipinski definition) is 2. The van der Waals surface area contributed by atoms with Gasteiger partial charge in [0, 0.05) is 18.6 Å². The third-order valence-electron chi connectivity index (χ3n) is 4.19. The predicted molar refractivity (Wildman–Crippen MR) is 75.4 cm³/mol. The molecule has 1 fully saturated rings. The Morgan fingerprint density at radius 2 is 1.78 bits per heavy atom. The Hall–Kier alpha value is -0.120. The molecular weight excluding hydrogens is 226 g/mol. The molecule has 1 aliphatic heterocycles. The molecule has 1 heterocycles. The SMILES string of the molecule is CC(C)CC(O)(CC(C)C)C1(CN)CCCOC1. The molecule has 1 rings (SSSR count). The van der Waals surface area contributed by atoms with E-state index in [1.165, 1.54) is 0 Å². The second-order valence-electron chi connectivity index (χ2n) is 6.87. The zero-order valence-electron chi connectivity index (χ0n) is 12.5. The van der Waals surface area contributed by atoms with Gasteiger partial charge in [0.15, 0.2) is 0 Å². The van der Waals surface area contributed by atoms with Crippen LogP contribution in [0, 0.1) is 17.3 Å². The van der Waals surface area contributed by atoms with Crippen LogP contribution < -0.4 is 5.73 Å². The van der Waals surface area contributed by atoms with Crippen molar-refractivity contribution in [3.05, 3.63) is 0 Å².